The lowest BCUT2D eigenvalue weighted by Gasteiger charge is -2.26. The van der Waals surface area contributed by atoms with Crippen LogP contribution in [0.3, 0.4) is 0 Å². The molecule has 2 unspecified atom stereocenters. The standard InChI is InChI=1S/C16H30N2O2/c1-12(2)17-13-8-6-7-9-14(11-10-13)20-15(19)18-16(3,4)5/h7,9,12-14,17H,6,8,10-11H2,1-5H3,(H,18,19)/b9-7+. The number of nitrogens with one attached hydrogen (secondary N) is 2. The molecule has 0 bridgehead atoms. The minimum atomic E-state index is -0.332. The van der Waals surface area contributed by atoms with Crippen molar-refractivity contribution >= 4 is 6.09 Å². The molecule has 0 aromatic rings. The second-order valence-electron chi connectivity index (χ2n) is 6.92. The maximum atomic E-state index is 11.8. The van der Waals surface area contributed by atoms with Gasteiger partial charge in [0.2, 0.25) is 0 Å². The molecule has 0 radical (unpaired) electrons. The highest BCUT2D eigenvalue weighted by Crippen LogP contribution is 2.16. The average Bonchev–Trinajstić information content (AvgIpc) is 2.23. The summed E-state index contributed by atoms with van der Waals surface area (Å²) in [5, 5.41) is 6.41. The van der Waals surface area contributed by atoms with E-state index in [4.69, 9.17) is 4.74 Å². The van der Waals surface area contributed by atoms with Gasteiger partial charge in [0.15, 0.2) is 0 Å². The molecule has 0 saturated carbocycles. The molecule has 0 saturated heterocycles. The summed E-state index contributed by atoms with van der Waals surface area (Å²) in [4.78, 5) is 11.8. The number of ether oxygens (including phenoxy) is 1. The van der Waals surface area contributed by atoms with E-state index < -0.39 is 0 Å². The number of allylic oxidation sites excluding steroid dienone is 1. The second-order valence-corrected chi connectivity index (χ2v) is 6.92. The predicted molar refractivity (Wildman–Crippen MR) is 82.8 cm³/mol. The number of hydrogen-bond donors (Lipinski definition) is 2. The van der Waals surface area contributed by atoms with E-state index in [1.807, 2.05) is 26.8 Å². The lowest BCUT2D eigenvalue weighted by Crippen LogP contribution is -2.42. The van der Waals surface area contributed by atoms with Crippen molar-refractivity contribution in [2.45, 2.75) is 84.0 Å². The zero-order valence-corrected chi connectivity index (χ0v) is 13.5. The van der Waals surface area contributed by atoms with E-state index in [0.29, 0.717) is 12.1 Å². The summed E-state index contributed by atoms with van der Waals surface area (Å²) < 4.78 is 5.49. The van der Waals surface area contributed by atoms with E-state index in [2.05, 4.69) is 30.6 Å². The van der Waals surface area contributed by atoms with Crippen LogP contribution >= 0.6 is 0 Å². The van der Waals surface area contributed by atoms with Gasteiger partial charge in [-0.05, 0) is 52.5 Å². The summed E-state index contributed by atoms with van der Waals surface area (Å²) in [7, 11) is 0. The van der Waals surface area contributed by atoms with E-state index in [9.17, 15) is 4.79 Å². The van der Waals surface area contributed by atoms with E-state index in [1.165, 1.54) is 0 Å². The Labute approximate surface area is 123 Å². The number of amides is 1. The SMILES string of the molecule is CC(C)NC1CC/C=C/C(OC(=O)NC(C)(C)C)CC1. The Morgan fingerprint density at radius 2 is 1.95 bits per heavy atom. The largest absolute Gasteiger partial charge is 0.442 e. The van der Waals surface area contributed by atoms with Crippen molar-refractivity contribution in [1.82, 2.24) is 10.6 Å². The molecular weight excluding hydrogens is 252 g/mol. The molecule has 1 aliphatic carbocycles. The van der Waals surface area contributed by atoms with Crippen LogP contribution in [0.25, 0.3) is 0 Å². The quantitative estimate of drug-likeness (QED) is 0.780. The highest BCUT2D eigenvalue weighted by Gasteiger charge is 2.20. The van der Waals surface area contributed by atoms with Crippen LogP contribution in [0.5, 0.6) is 0 Å². The fraction of sp³-hybridized carbons (Fsp3) is 0.812. The van der Waals surface area contributed by atoms with Crippen molar-refractivity contribution in [3.63, 3.8) is 0 Å². The molecule has 0 aromatic heterocycles. The Hall–Kier alpha value is -1.03. The lowest BCUT2D eigenvalue weighted by molar-refractivity contribution is 0.104. The summed E-state index contributed by atoms with van der Waals surface area (Å²) in [6, 6.07) is 1.00. The highest BCUT2D eigenvalue weighted by atomic mass is 16.6. The normalized spacial score (nSPS) is 25.7. The van der Waals surface area contributed by atoms with Crippen LogP contribution in [-0.4, -0.2) is 29.8 Å². The van der Waals surface area contributed by atoms with Gasteiger partial charge in [-0.1, -0.05) is 19.9 Å². The van der Waals surface area contributed by atoms with E-state index >= 15 is 0 Å². The van der Waals surface area contributed by atoms with Gasteiger partial charge in [-0.15, -0.1) is 0 Å². The second kappa shape index (κ2) is 7.67. The van der Waals surface area contributed by atoms with Gasteiger partial charge >= 0.3 is 6.09 Å². The molecule has 0 fully saturated rings. The summed E-state index contributed by atoms with van der Waals surface area (Å²) in [6.45, 7) is 10.2. The minimum absolute atomic E-state index is 0.117. The molecule has 116 valence electrons. The fourth-order valence-corrected chi connectivity index (χ4v) is 2.36. The molecule has 20 heavy (non-hydrogen) atoms. The third kappa shape index (κ3) is 7.53. The Morgan fingerprint density at radius 1 is 1.25 bits per heavy atom. The maximum Gasteiger partial charge on any atom is 0.408 e. The van der Waals surface area contributed by atoms with Crippen LogP contribution in [0, 0.1) is 0 Å². The van der Waals surface area contributed by atoms with Gasteiger partial charge < -0.3 is 15.4 Å². The highest BCUT2D eigenvalue weighted by molar-refractivity contribution is 5.68. The first-order chi connectivity index (χ1) is 9.26. The van der Waals surface area contributed by atoms with Gasteiger partial charge in [0.05, 0.1) is 0 Å². The van der Waals surface area contributed by atoms with Crippen LogP contribution in [0.15, 0.2) is 12.2 Å². The molecule has 0 aliphatic heterocycles. The number of carbonyl (C=O) groups is 1. The molecule has 0 heterocycles. The first-order valence-electron chi connectivity index (χ1n) is 7.68. The van der Waals surface area contributed by atoms with Crippen LogP contribution in [0.2, 0.25) is 0 Å². The molecule has 4 heteroatoms. The van der Waals surface area contributed by atoms with E-state index in [1.54, 1.807) is 0 Å². The van der Waals surface area contributed by atoms with Crippen LogP contribution in [0.1, 0.15) is 60.3 Å². The Kier molecular flexibility index (Phi) is 6.53. The van der Waals surface area contributed by atoms with Crippen molar-refractivity contribution in [2.75, 3.05) is 0 Å². The van der Waals surface area contributed by atoms with Crippen molar-refractivity contribution in [3.8, 4) is 0 Å². The first kappa shape index (κ1) is 17.0. The van der Waals surface area contributed by atoms with E-state index in [-0.39, 0.29) is 17.7 Å². The average molecular weight is 282 g/mol. The van der Waals surface area contributed by atoms with Gasteiger partial charge in [0.1, 0.15) is 6.10 Å². The zero-order valence-electron chi connectivity index (χ0n) is 13.5. The minimum Gasteiger partial charge on any atom is -0.442 e. The smallest absolute Gasteiger partial charge is 0.408 e. The molecule has 1 aliphatic rings. The van der Waals surface area contributed by atoms with Gasteiger partial charge in [-0.2, -0.15) is 0 Å². The Balaban J connectivity index is 2.46. The summed E-state index contributed by atoms with van der Waals surface area (Å²) in [5.41, 5.74) is -0.260. The molecule has 1 amide bonds. The van der Waals surface area contributed by atoms with Crippen molar-refractivity contribution in [3.05, 3.63) is 12.2 Å². The summed E-state index contributed by atoms with van der Waals surface area (Å²) >= 11 is 0. The zero-order chi connectivity index (χ0) is 15.2. The van der Waals surface area contributed by atoms with E-state index in [0.717, 1.165) is 25.7 Å². The molecular formula is C16H30N2O2. The topological polar surface area (TPSA) is 50.4 Å². The number of hydrogen-bond acceptors (Lipinski definition) is 3. The van der Waals surface area contributed by atoms with Crippen LogP contribution < -0.4 is 10.6 Å². The number of rotatable bonds is 3. The van der Waals surface area contributed by atoms with Crippen molar-refractivity contribution < 1.29 is 9.53 Å². The predicted octanol–water partition coefficient (Wildman–Crippen LogP) is 3.38. The molecule has 2 atom stereocenters. The van der Waals surface area contributed by atoms with Gasteiger partial charge in [0.25, 0.3) is 0 Å². The Morgan fingerprint density at radius 3 is 2.55 bits per heavy atom. The number of alkyl carbamates (subject to hydrolysis) is 1. The number of carbonyl (C=O) groups excluding carboxylic acids is 1. The molecule has 2 N–H and O–H groups in total. The third-order valence-electron chi connectivity index (χ3n) is 3.14. The molecule has 0 spiro atoms. The summed E-state index contributed by atoms with van der Waals surface area (Å²) in [6.07, 6.45) is 7.79. The third-order valence-corrected chi connectivity index (χ3v) is 3.14. The lowest BCUT2D eigenvalue weighted by atomic mass is 9.99. The van der Waals surface area contributed by atoms with Gasteiger partial charge in [-0.3, -0.25) is 0 Å². The monoisotopic (exact) mass is 282 g/mol. The molecule has 0 aromatic carbocycles. The maximum absolute atomic E-state index is 11.8. The first-order valence-corrected chi connectivity index (χ1v) is 7.68. The van der Waals surface area contributed by atoms with Crippen LogP contribution in [-0.2, 0) is 4.74 Å². The van der Waals surface area contributed by atoms with Crippen molar-refractivity contribution in [1.29, 1.82) is 0 Å². The molecule has 1 rings (SSSR count). The molecule has 4 nitrogen and oxygen atoms in total. The summed E-state index contributed by atoms with van der Waals surface area (Å²) in [5.74, 6) is 0. The van der Waals surface area contributed by atoms with Crippen LogP contribution in [0.4, 0.5) is 4.79 Å². The van der Waals surface area contributed by atoms with Gasteiger partial charge in [0, 0.05) is 17.6 Å². The van der Waals surface area contributed by atoms with Crippen molar-refractivity contribution in [2.24, 2.45) is 0 Å². The van der Waals surface area contributed by atoms with Gasteiger partial charge in [-0.25, -0.2) is 4.79 Å². The Bertz CT molecular complexity index is 332. The fourth-order valence-electron chi connectivity index (χ4n) is 2.36.